The number of halogens is 3. The molecule has 4 aromatic rings. The summed E-state index contributed by atoms with van der Waals surface area (Å²) in [5.74, 6) is -0.441. The van der Waals surface area contributed by atoms with Gasteiger partial charge in [0.25, 0.3) is 5.91 Å². The standard InChI is InChI=1S/C24H24F3N9O2/c1-35(2)8-7-29-22(37)14-9-15(24(25,26)27)11-17(10-14)34-23(38)33-16-3-5-18(6-4-16)36-13-32-19-20(28)30-12-31-21(19)36/h3-6,9-13H,7-8H2,1-2H3,(H,29,37)(H2,28,30,31)(H2,33,34,38). The Morgan fingerprint density at radius 3 is 2.39 bits per heavy atom. The van der Waals surface area contributed by atoms with Gasteiger partial charge in [0.15, 0.2) is 17.0 Å². The van der Waals surface area contributed by atoms with Crippen LogP contribution in [0.2, 0.25) is 0 Å². The number of carbonyl (C=O) groups is 2. The SMILES string of the molecule is CN(C)CCNC(=O)c1cc(NC(=O)Nc2ccc(-n3cnc4c(N)ncnc43)cc2)cc(C(F)(F)F)c1. The minimum absolute atomic E-state index is 0.186. The molecule has 5 N–H and O–H groups in total. The number of nitrogen functional groups attached to an aromatic ring is 1. The quantitative estimate of drug-likeness (QED) is 0.289. The van der Waals surface area contributed by atoms with Crippen LogP contribution in [-0.2, 0) is 6.18 Å². The number of nitrogens with zero attached hydrogens (tertiary/aromatic N) is 5. The van der Waals surface area contributed by atoms with Crippen LogP contribution >= 0.6 is 0 Å². The van der Waals surface area contributed by atoms with E-state index < -0.39 is 23.7 Å². The van der Waals surface area contributed by atoms with Crippen LogP contribution < -0.4 is 21.7 Å². The van der Waals surface area contributed by atoms with Crippen molar-refractivity contribution >= 4 is 40.3 Å². The lowest BCUT2D eigenvalue weighted by Crippen LogP contribution is -2.31. The Balaban J connectivity index is 1.47. The van der Waals surface area contributed by atoms with Crippen molar-refractivity contribution in [2.45, 2.75) is 6.18 Å². The van der Waals surface area contributed by atoms with Gasteiger partial charge in [0.2, 0.25) is 0 Å². The van der Waals surface area contributed by atoms with Gasteiger partial charge in [-0.05, 0) is 56.6 Å². The zero-order valence-electron chi connectivity index (χ0n) is 20.4. The third kappa shape index (κ3) is 6.15. The van der Waals surface area contributed by atoms with E-state index in [0.717, 1.165) is 12.1 Å². The first-order valence-corrected chi connectivity index (χ1v) is 11.3. The topological polar surface area (TPSA) is 143 Å². The molecule has 0 fully saturated rings. The third-order valence-corrected chi connectivity index (χ3v) is 5.39. The van der Waals surface area contributed by atoms with Crippen LogP contribution in [0.5, 0.6) is 0 Å². The Morgan fingerprint density at radius 2 is 1.71 bits per heavy atom. The van der Waals surface area contributed by atoms with Gasteiger partial charge in [0, 0.05) is 35.7 Å². The number of alkyl halides is 3. The highest BCUT2D eigenvalue weighted by atomic mass is 19.4. The van der Waals surface area contributed by atoms with Gasteiger partial charge in [-0.25, -0.2) is 19.7 Å². The number of nitrogens with one attached hydrogen (secondary N) is 3. The first-order valence-electron chi connectivity index (χ1n) is 11.3. The number of benzene rings is 2. The molecule has 0 saturated carbocycles. The van der Waals surface area contributed by atoms with Crippen LogP contribution in [-0.4, -0.2) is 63.5 Å². The van der Waals surface area contributed by atoms with Crippen molar-refractivity contribution in [3.63, 3.8) is 0 Å². The molecule has 0 spiro atoms. The number of carbonyl (C=O) groups excluding carboxylic acids is 2. The molecule has 3 amide bonds. The number of hydrogen-bond donors (Lipinski definition) is 4. The van der Waals surface area contributed by atoms with Gasteiger partial charge in [0.05, 0.1) is 5.56 Å². The van der Waals surface area contributed by atoms with E-state index in [2.05, 4.69) is 30.9 Å². The molecule has 2 aromatic heterocycles. The molecule has 0 aliphatic carbocycles. The Hall–Kier alpha value is -4.72. The zero-order chi connectivity index (χ0) is 27.4. The average Bonchev–Trinajstić information content (AvgIpc) is 3.29. The molecular formula is C24H24F3N9O2. The normalized spacial score (nSPS) is 11.5. The molecule has 0 radical (unpaired) electrons. The lowest BCUT2D eigenvalue weighted by atomic mass is 10.1. The van der Waals surface area contributed by atoms with Crippen molar-refractivity contribution in [3.8, 4) is 5.69 Å². The number of anilines is 3. The predicted octanol–water partition coefficient (Wildman–Crippen LogP) is 3.35. The lowest BCUT2D eigenvalue weighted by molar-refractivity contribution is -0.137. The fourth-order valence-electron chi connectivity index (χ4n) is 3.53. The summed E-state index contributed by atoms with van der Waals surface area (Å²) in [5.41, 5.74) is 6.34. The molecule has 0 aliphatic rings. The number of imidazole rings is 1. The maximum absolute atomic E-state index is 13.4. The minimum Gasteiger partial charge on any atom is -0.382 e. The monoisotopic (exact) mass is 527 g/mol. The smallest absolute Gasteiger partial charge is 0.382 e. The van der Waals surface area contributed by atoms with E-state index in [-0.39, 0.29) is 23.6 Å². The van der Waals surface area contributed by atoms with Crippen LogP contribution in [0.4, 0.5) is 35.2 Å². The van der Waals surface area contributed by atoms with Crippen LogP contribution in [0.3, 0.4) is 0 Å². The van der Waals surface area contributed by atoms with Crippen LogP contribution in [0.15, 0.2) is 55.1 Å². The van der Waals surface area contributed by atoms with Gasteiger partial charge < -0.3 is 26.6 Å². The van der Waals surface area contributed by atoms with Crippen LogP contribution in [0.1, 0.15) is 15.9 Å². The number of hydrogen-bond acceptors (Lipinski definition) is 7. The molecule has 0 aliphatic heterocycles. The first-order chi connectivity index (χ1) is 18.0. The Bertz CT molecular complexity index is 1470. The molecule has 38 heavy (non-hydrogen) atoms. The van der Waals surface area contributed by atoms with E-state index in [0.29, 0.717) is 29.1 Å². The number of urea groups is 1. The van der Waals surface area contributed by atoms with Gasteiger partial charge in [0.1, 0.15) is 12.7 Å². The molecule has 0 bridgehead atoms. The van der Waals surface area contributed by atoms with E-state index in [1.165, 1.54) is 18.7 Å². The van der Waals surface area contributed by atoms with Gasteiger partial charge >= 0.3 is 12.2 Å². The number of likely N-dealkylation sites (N-methyl/N-ethyl adjacent to an activating group) is 1. The lowest BCUT2D eigenvalue weighted by Gasteiger charge is -2.15. The number of amides is 3. The summed E-state index contributed by atoms with van der Waals surface area (Å²) in [4.78, 5) is 39.1. The largest absolute Gasteiger partial charge is 0.416 e. The molecule has 0 unspecified atom stereocenters. The summed E-state index contributed by atoms with van der Waals surface area (Å²) < 4.78 is 42.0. The predicted molar refractivity (Wildman–Crippen MR) is 136 cm³/mol. The molecule has 0 saturated heterocycles. The second kappa shape index (κ2) is 10.7. The Morgan fingerprint density at radius 1 is 1.00 bits per heavy atom. The molecule has 198 valence electrons. The maximum atomic E-state index is 13.4. The van der Waals surface area contributed by atoms with Crippen LogP contribution in [0.25, 0.3) is 16.9 Å². The fourth-order valence-corrected chi connectivity index (χ4v) is 3.53. The van der Waals surface area contributed by atoms with E-state index >= 15 is 0 Å². The Kier molecular flexibility index (Phi) is 7.43. The Labute approximate surface area is 214 Å². The van der Waals surface area contributed by atoms with E-state index in [4.69, 9.17) is 5.73 Å². The molecular weight excluding hydrogens is 503 g/mol. The zero-order valence-corrected chi connectivity index (χ0v) is 20.4. The summed E-state index contributed by atoms with van der Waals surface area (Å²) in [6, 6.07) is 8.47. The van der Waals surface area contributed by atoms with Gasteiger partial charge in [-0.15, -0.1) is 0 Å². The van der Waals surface area contributed by atoms with E-state index in [1.54, 1.807) is 42.9 Å². The molecule has 11 nitrogen and oxygen atoms in total. The van der Waals surface area contributed by atoms with E-state index in [1.807, 2.05) is 4.90 Å². The summed E-state index contributed by atoms with van der Waals surface area (Å²) in [5, 5.41) is 7.48. The third-order valence-electron chi connectivity index (χ3n) is 5.39. The van der Waals surface area contributed by atoms with Crippen molar-refractivity contribution in [2.24, 2.45) is 0 Å². The summed E-state index contributed by atoms with van der Waals surface area (Å²) >= 11 is 0. The highest BCUT2D eigenvalue weighted by Gasteiger charge is 2.32. The highest BCUT2D eigenvalue weighted by Crippen LogP contribution is 2.32. The average molecular weight is 528 g/mol. The number of nitrogens with two attached hydrogens (primary N) is 1. The molecule has 2 heterocycles. The van der Waals surface area contributed by atoms with Crippen molar-refractivity contribution < 1.29 is 22.8 Å². The van der Waals surface area contributed by atoms with Crippen LogP contribution in [0, 0.1) is 0 Å². The number of rotatable bonds is 7. The van der Waals surface area contributed by atoms with Crippen molar-refractivity contribution in [2.75, 3.05) is 43.6 Å². The number of fused-ring (bicyclic) bond motifs is 1. The minimum atomic E-state index is -4.71. The molecule has 14 heteroatoms. The fraction of sp³-hybridized carbons (Fsp3) is 0.208. The summed E-state index contributed by atoms with van der Waals surface area (Å²) in [6.45, 7) is 0.756. The second-order valence-corrected chi connectivity index (χ2v) is 8.53. The van der Waals surface area contributed by atoms with Crippen molar-refractivity contribution in [3.05, 3.63) is 66.2 Å². The second-order valence-electron chi connectivity index (χ2n) is 8.53. The van der Waals surface area contributed by atoms with Gasteiger partial charge in [-0.2, -0.15) is 13.2 Å². The number of aromatic nitrogens is 4. The molecule has 2 aromatic carbocycles. The highest BCUT2D eigenvalue weighted by molar-refractivity contribution is 6.01. The molecule has 0 atom stereocenters. The maximum Gasteiger partial charge on any atom is 0.416 e. The summed E-state index contributed by atoms with van der Waals surface area (Å²) in [6.07, 6.45) is -1.86. The van der Waals surface area contributed by atoms with Crippen molar-refractivity contribution in [1.82, 2.24) is 29.7 Å². The van der Waals surface area contributed by atoms with E-state index in [9.17, 15) is 22.8 Å². The molecule has 4 rings (SSSR count). The first kappa shape index (κ1) is 26.3. The van der Waals surface area contributed by atoms with Gasteiger partial charge in [-0.1, -0.05) is 0 Å². The van der Waals surface area contributed by atoms with Gasteiger partial charge in [-0.3, -0.25) is 9.36 Å². The summed E-state index contributed by atoms with van der Waals surface area (Å²) in [7, 11) is 3.60. The van der Waals surface area contributed by atoms with Crippen molar-refractivity contribution in [1.29, 1.82) is 0 Å².